The molecular formula is C76H143NO5. The van der Waals surface area contributed by atoms with Crippen molar-refractivity contribution in [2.75, 3.05) is 13.2 Å². The maximum absolute atomic E-state index is 12.5. The van der Waals surface area contributed by atoms with E-state index < -0.39 is 12.1 Å². The molecule has 0 aromatic rings. The highest BCUT2D eigenvalue weighted by atomic mass is 16.5. The van der Waals surface area contributed by atoms with Crippen LogP contribution in [0.1, 0.15) is 399 Å². The van der Waals surface area contributed by atoms with Crippen molar-refractivity contribution in [3.63, 3.8) is 0 Å². The minimum absolute atomic E-state index is 0.00340. The number of aliphatic hydroxyl groups excluding tert-OH is 2. The van der Waals surface area contributed by atoms with Crippen LogP contribution >= 0.6 is 0 Å². The minimum Gasteiger partial charge on any atom is -0.466 e. The van der Waals surface area contributed by atoms with Gasteiger partial charge in [-0.05, 0) is 83.5 Å². The van der Waals surface area contributed by atoms with Gasteiger partial charge in [-0.25, -0.2) is 0 Å². The Kier molecular flexibility index (Phi) is 69.4. The summed E-state index contributed by atoms with van der Waals surface area (Å²) in [5, 5.41) is 23.3. The number of hydrogen-bond acceptors (Lipinski definition) is 5. The molecule has 0 aliphatic heterocycles. The third-order valence-corrected chi connectivity index (χ3v) is 17.1. The smallest absolute Gasteiger partial charge is 0.305 e. The number of ether oxygens (including phenoxy) is 1. The zero-order valence-electron chi connectivity index (χ0n) is 55.2. The van der Waals surface area contributed by atoms with Crippen LogP contribution in [0.5, 0.6) is 0 Å². The summed E-state index contributed by atoms with van der Waals surface area (Å²) in [6, 6.07) is -0.539. The van der Waals surface area contributed by atoms with Gasteiger partial charge in [0.15, 0.2) is 0 Å². The molecule has 6 heteroatoms. The van der Waals surface area contributed by atoms with Gasteiger partial charge in [0.25, 0.3) is 0 Å². The lowest BCUT2D eigenvalue weighted by atomic mass is 10.0. The third kappa shape index (κ3) is 67.0. The topological polar surface area (TPSA) is 95.9 Å². The molecule has 0 spiro atoms. The monoisotopic (exact) mass is 1150 g/mol. The Balaban J connectivity index is 3.36. The van der Waals surface area contributed by atoms with Crippen molar-refractivity contribution >= 4 is 11.9 Å². The number of esters is 1. The number of amides is 1. The van der Waals surface area contributed by atoms with Crippen LogP contribution in [0.25, 0.3) is 0 Å². The second kappa shape index (κ2) is 71.3. The fourth-order valence-corrected chi connectivity index (χ4v) is 11.5. The summed E-state index contributed by atoms with van der Waals surface area (Å²) < 4.78 is 5.48. The summed E-state index contributed by atoms with van der Waals surface area (Å²) in [4.78, 5) is 24.6. The quantitative estimate of drug-likeness (QED) is 0.0320. The van der Waals surface area contributed by atoms with E-state index in [9.17, 15) is 19.8 Å². The van der Waals surface area contributed by atoms with Crippen molar-refractivity contribution in [3.05, 3.63) is 48.6 Å². The second-order valence-corrected chi connectivity index (χ2v) is 25.3. The van der Waals surface area contributed by atoms with Gasteiger partial charge in [-0.3, -0.25) is 9.59 Å². The van der Waals surface area contributed by atoms with Crippen LogP contribution in [-0.4, -0.2) is 47.4 Å². The SMILES string of the molecule is CCC/C=C\C/C=C\CCCCCCCC(=O)OCCCCCCCCCCCCCCC/C=C\C/C=C\CCCCCCCCCCCCCCCCCCCC(=O)NC(CO)C(O)CCCCCCCCCCCCCCCCC. The van der Waals surface area contributed by atoms with Gasteiger partial charge in [-0.2, -0.15) is 0 Å². The molecule has 0 saturated heterocycles. The van der Waals surface area contributed by atoms with Gasteiger partial charge >= 0.3 is 5.97 Å². The van der Waals surface area contributed by atoms with Gasteiger partial charge < -0.3 is 20.3 Å². The molecule has 0 aliphatic carbocycles. The van der Waals surface area contributed by atoms with Crippen molar-refractivity contribution in [1.82, 2.24) is 5.32 Å². The average molecular weight is 1150 g/mol. The Morgan fingerprint density at radius 2 is 0.634 bits per heavy atom. The number of hydrogen-bond donors (Lipinski definition) is 3. The maximum atomic E-state index is 12.5. The molecule has 82 heavy (non-hydrogen) atoms. The Labute approximate surface area is 512 Å². The highest BCUT2D eigenvalue weighted by Gasteiger charge is 2.20. The molecule has 2 unspecified atom stereocenters. The summed E-state index contributed by atoms with van der Waals surface area (Å²) in [6.45, 7) is 4.91. The van der Waals surface area contributed by atoms with E-state index in [2.05, 4.69) is 67.8 Å². The fourth-order valence-electron chi connectivity index (χ4n) is 11.5. The second-order valence-electron chi connectivity index (χ2n) is 25.3. The first kappa shape index (κ1) is 79.8. The van der Waals surface area contributed by atoms with E-state index in [-0.39, 0.29) is 18.5 Å². The largest absolute Gasteiger partial charge is 0.466 e. The van der Waals surface area contributed by atoms with Crippen molar-refractivity contribution in [2.45, 2.75) is 411 Å². The van der Waals surface area contributed by atoms with E-state index in [1.54, 1.807) is 0 Å². The van der Waals surface area contributed by atoms with E-state index in [4.69, 9.17) is 4.74 Å². The first-order valence-corrected chi connectivity index (χ1v) is 36.9. The van der Waals surface area contributed by atoms with Gasteiger partial charge in [-0.1, -0.05) is 351 Å². The van der Waals surface area contributed by atoms with E-state index in [1.165, 1.54) is 308 Å². The molecule has 0 aromatic heterocycles. The molecule has 482 valence electrons. The Hall–Kier alpha value is -2.18. The van der Waals surface area contributed by atoms with Crippen LogP contribution in [-0.2, 0) is 14.3 Å². The van der Waals surface area contributed by atoms with Crippen LogP contribution in [0, 0.1) is 0 Å². The van der Waals surface area contributed by atoms with Crippen LogP contribution in [0.3, 0.4) is 0 Å². The van der Waals surface area contributed by atoms with E-state index in [0.29, 0.717) is 25.9 Å². The normalized spacial score (nSPS) is 12.8. The van der Waals surface area contributed by atoms with E-state index >= 15 is 0 Å². The minimum atomic E-state index is -0.662. The zero-order chi connectivity index (χ0) is 59.2. The summed E-state index contributed by atoms with van der Waals surface area (Å²) >= 11 is 0. The molecule has 3 N–H and O–H groups in total. The Morgan fingerprint density at radius 3 is 0.976 bits per heavy atom. The third-order valence-electron chi connectivity index (χ3n) is 17.1. The molecule has 0 fully saturated rings. The average Bonchev–Trinajstić information content (AvgIpc) is 3.48. The number of carbonyl (C=O) groups is 2. The molecule has 0 aromatic carbocycles. The maximum Gasteiger partial charge on any atom is 0.305 e. The number of nitrogens with one attached hydrogen (secondary N) is 1. The molecule has 0 radical (unpaired) electrons. The van der Waals surface area contributed by atoms with Crippen molar-refractivity contribution in [3.8, 4) is 0 Å². The summed E-state index contributed by atoms with van der Waals surface area (Å²) in [5.41, 5.74) is 0. The van der Waals surface area contributed by atoms with Crippen molar-refractivity contribution in [2.24, 2.45) is 0 Å². The lowest BCUT2D eigenvalue weighted by Gasteiger charge is -2.22. The molecule has 0 rings (SSSR count). The van der Waals surface area contributed by atoms with E-state index in [1.807, 2.05) is 0 Å². The lowest BCUT2D eigenvalue weighted by Crippen LogP contribution is -2.45. The predicted octanol–water partition coefficient (Wildman–Crippen LogP) is 24.0. The van der Waals surface area contributed by atoms with Crippen LogP contribution in [0.4, 0.5) is 0 Å². The highest BCUT2D eigenvalue weighted by molar-refractivity contribution is 5.76. The van der Waals surface area contributed by atoms with Gasteiger partial charge in [0, 0.05) is 12.8 Å². The molecule has 2 atom stereocenters. The first-order valence-electron chi connectivity index (χ1n) is 36.9. The van der Waals surface area contributed by atoms with E-state index in [0.717, 1.165) is 57.8 Å². The number of allylic oxidation sites excluding steroid dienone is 8. The van der Waals surface area contributed by atoms with Crippen molar-refractivity contribution in [1.29, 1.82) is 0 Å². The molecule has 6 nitrogen and oxygen atoms in total. The van der Waals surface area contributed by atoms with Gasteiger partial charge in [0.2, 0.25) is 5.91 Å². The first-order chi connectivity index (χ1) is 40.5. The van der Waals surface area contributed by atoms with Gasteiger partial charge in [0.05, 0.1) is 25.4 Å². The highest BCUT2D eigenvalue weighted by Crippen LogP contribution is 2.19. The number of rotatable bonds is 69. The number of unbranched alkanes of at least 4 members (excludes halogenated alkanes) is 50. The summed E-state index contributed by atoms with van der Waals surface area (Å²) in [6.07, 6.45) is 93.3. The number of carbonyl (C=O) groups excluding carboxylic acids is 2. The fraction of sp³-hybridized carbons (Fsp3) is 0.868. The standard InChI is InChI=1S/C76H143NO5/c1-3-5-7-9-11-13-15-17-41-45-48-52-56-60-64-68-74(79)73(72-78)77-75(80)69-65-61-57-53-49-46-42-39-37-35-33-31-29-27-25-23-21-19-18-20-22-24-26-28-30-32-34-36-38-40-43-47-51-55-59-63-67-71-82-76(81)70-66-62-58-54-50-44-16-14-12-10-8-6-4-2/h8,10,14,16,18,20,24,26,73-74,78-79H,3-7,9,11-13,15,17,19,21-23,25,27-72H2,1-2H3,(H,77,80)/b10-8-,16-14-,20-18-,26-24-. The lowest BCUT2D eigenvalue weighted by molar-refractivity contribution is -0.143. The molecule has 0 bridgehead atoms. The van der Waals surface area contributed by atoms with Crippen LogP contribution < -0.4 is 5.32 Å². The molecule has 0 saturated carbocycles. The summed E-state index contributed by atoms with van der Waals surface area (Å²) in [5.74, 6) is -0.0263. The molecule has 0 aliphatic rings. The summed E-state index contributed by atoms with van der Waals surface area (Å²) in [7, 11) is 0. The van der Waals surface area contributed by atoms with Crippen LogP contribution in [0.2, 0.25) is 0 Å². The van der Waals surface area contributed by atoms with Crippen LogP contribution in [0.15, 0.2) is 48.6 Å². The molecular weight excluding hydrogens is 1010 g/mol. The number of aliphatic hydroxyl groups is 2. The predicted molar refractivity (Wildman–Crippen MR) is 361 cm³/mol. The van der Waals surface area contributed by atoms with Gasteiger partial charge in [0.1, 0.15) is 0 Å². The van der Waals surface area contributed by atoms with Gasteiger partial charge in [-0.15, -0.1) is 0 Å². The zero-order valence-corrected chi connectivity index (χ0v) is 55.2. The molecule has 1 amide bonds. The Bertz CT molecular complexity index is 1370. The van der Waals surface area contributed by atoms with Crippen molar-refractivity contribution < 1.29 is 24.5 Å². The molecule has 0 heterocycles. The Morgan fingerprint density at radius 1 is 0.341 bits per heavy atom.